The van der Waals surface area contributed by atoms with Gasteiger partial charge in [0.1, 0.15) is 5.75 Å². The topological polar surface area (TPSA) is 112 Å². The first-order valence-electron chi connectivity index (χ1n) is 11.6. The Balaban J connectivity index is 1.41. The molecule has 2 fully saturated rings. The molecule has 3 heterocycles. The van der Waals surface area contributed by atoms with Crippen molar-refractivity contribution in [2.45, 2.75) is 57.0 Å². The Morgan fingerprint density at radius 2 is 2.06 bits per heavy atom. The second-order valence-corrected chi connectivity index (χ2v) is 8.71. The Kier molecular flexibility index (Phi) is 5.98. The third kappa shape index (κ3) is 4.17. The lowest BCUT2D eigenvalue weighted by molar-refractivity contribution is -0.347. The Morgan fingerprint density at radius 3 is 2.88 bits per heavy atom. The second-order valence-electron chi connectivity index (χ2n) is 8.71. The molecule has 0 spiro atoms. The van der Waals surface area contributed by atoms with Crippen LogP contribution in [0.3, 0.4) is 0 Å². The van der Waals surface area contributed by atoms with Crippen molar-refractivity contribution in [3.63, 3.8) is 0 Å². The van der Waals surface area contributed by atoms with Crippen LogP contribution < -0.4 is 25.3 Å². The van der Waals surface area contributed by atoms with Gasteiger partial charge in [-0.05, 0) is 37.8 Å². The molecule has 1 aromatic carbocycles. The standard InChI is InChI=1S/C23H31N7O2/c1-32-19-12-16(30-11-5-8-17(30)13-31)9-10-18(19)27-23-28-21-20(24-14-25-21)22(29-23)26-15-6-3-2-4-7-15/h9-10,12,14-15,17,31H,2-8,11,13H2,1H3,(H3,24,25,26,27,28,29)/p+1. The molecule has 9 heteroatoms. The molecule has 3 aromatic rings. The number of aliphatic hydroxyl groups is 1. The van der Waals surface area contributed by atoms with Gasteiger partial charge in [0.15, 0.2) is 12.1 Å². The van der Waals surface area contributed by atoms with Gasteiger partial charge in [0.2, 0.25) is 5.52 Å². The van der Waals surface area contributed by atoms with E-state index in [1.807, 2.05) is 12.1 Å². The Morgan fingerprint density at radius 1 is 1.19 bits per heavy atom. The summed E-state index contributed by atoms with van der Waals surface area (Å²) >= 11 is 0. The molecule has 9 nitrogen and oxygen atoms in total. The number of fused-ring (bicyclic) bond motifs is 1. The molecule has 1 aliphatic carbocycles. The Bertz CT molecular complexity index is 1060. The average molecular weight is 439 g/mol. The Labute approximate surface area is 187 Å². The minimum absolute atomic E-state index is 0.167. The van der Waals surface area contributed by atoms with Crippen LogP contribution >= 0.6 is 0 Å². The molecular formula is C23H32N7O2+. The molecule has 5 N–H and O–H groups in total. The molecule has 1 saturated heterocycles. The molecule has 0 bridgehead atoms. The smallest absolute Gasteiger partial charge is 0.307 e. The maximum absolute atomic E-state index is 9.67. The summed E-state index contributed by atoms with van der Waals surface area (Å²) in [6, 6.07) is 6.66. The number of nitrogens with one attached hydrogen (secondary N) is 4. The summed E-state index contributed by atoms with van der Waals surface area (Å²) in [5, 5.41) is 16.6. The number of imidazole rings is 1. The van der Waals surface area contributed by atoms with E-state index in [1.54, 1.807) is 13.4 Å². The van der Waals surface area contributed by atoms with Gasteiger partial charge in [-0.3, -0.25) is 4.98 Å². The molecule has 1 aliphatic heterocycles. The first-order chi connectivity index (χ1) is 15.7. The molecule has 32 heavy (non-hydrogen) atoms. The fourth-order valence-electron chi connectivity index (χ4n) is 4.93. The molecule has 0 amide bonds. The van der Waals surface area contributed by atoms with Crippen molar-refractivity contribution in [3.05, 3.63) is 24.5 Å². The summed E-state index contributed by atoms with van der Waals surface area (Å²) in [4.78, 5) is 18.0. The van der Waals surface area contributed by atoms with E-state index in [9.17, 15) is 5.11 Å². The number of rotatable bonds is 7. The average Bonchev–Trinajstić information content (AvgIpc) is 3.49. The third-order valence-corrected chi connectivity index (χ3v) is 6.63. The number of aromatic nitrogens is 4. The number of nitrogens with zero attached hydrogens (tertiary/aromatic N) is 3. The summed E-state index contributed by atoms with van der Waals surface area (Å²) in [7, 11) is 1.66. The van der Waals surface area contributed by atoms with Crippen LogP contribution in [0.4, 0.5) is 23.1 Å². The van der Waals surface area contributed by atoms with Gasteiger partial charge in [-0.15, -0.1) is 0 Å². The second kappa shape index (κ2) is 9.20. The van der Waals surface area contributed by atoms with Crippen LogP contribution in [0.2, 0.25) is 0 Å². The minimum atomic E-state index is 0.167. The molecule has 2 aliphatic rings. The summed E-state index contributed by atoms with van der Waals surface area (Å²) in [5.74, 6) is 2.03. The molecular weight excluding hydrogens is 406 g/mol. The van der Waals surface area contributed by atoms with Crippen molar-refractivity contribution >= 4 is 34.3 Å². The van der Waals surface area contributed by atoms with E-state index in [-0.39, 0.29) is 12.6 Å². The van der Waals surface area contributed by atoms with E-state index in [0.29, 0.717) is 12.0 Å². The molecule has 0 radical (unpaired) electrons. The van der Waals surface area contributed by atoms with Gasteiger partial charge in [-0.25, -0.2) is 4.98 Å². The number of hydrogen-bond acceptors (Lipinski definition) is 7. The lowest BCUT2D eigenvalue weighted by atomic mass is 9.95. The SMILES string of the molecule is COc1cc(N2CCCC2CO)ccc1Nc1nc(NC2CCCCC2)c2[nH]c[nH+]c2n1. The molecule has 1 unspecified atom stereocenters. The lowest BCUT2D eigenvalue weighted by Gasteiger charge is -2.26. The maximum Gasteiger partial charge on any atom is 0.307 e. The molecule has 1 atom stereocenters. The van der Waals surface area contributed by atoms with Crippen LogP contribution in [-0.2, 0) is 0 Å². The molecule has 2 aromatic heterocycles. The van der Waals surface area contributed by atoms with E-state index in [1.165, 1.54) is 32.1 Å². The number of ether oxygens (including phenoxy) is 1. The van der Waals surface area contributed by atoms with E-state index < -0.39 is 0 Å². The van der Waals surface area contributed by atoms with E-state index in [0.717, 1.165) is 53.5 Å². The molecule has 1 saturated carbocycles. The first kappa shape index (κ1) is 20.8. The predicted molar refractivity (Wildman–Crippen MR) is 125 cm³/mol. The summed E-state index contributed by atoms with van der Waals surface area (Å²) in [5.41, 5.74) is 3.49. The summed E-state index contributed by atoms with van der Waals surface area (Å²) < 4.78 is 5.67. The van der Waals surface area contributed by atoms with Gasteiger partial charge >= 0.3 is 11.6 Å². The normalized spacial score (nSPS) is 19.4. The number of H-pyrrole nitrogens is 2. The maximum atomic E-state index is 9.67. The highest BCUT2D eigenvalue weighted by molar-refractivity contribution is 5.82. The van der Waals surface area contributed by atoms with Crippen LogP contribution in [0, 0.1) is 0 Å². The van der Waals surface area contributed by atoms with Crippen LogP contribution in [0.25, 0.3) is 11.2 Å². The van der Waals surface area contributed by atoms with Crippen molar-refractivity contribution in [3.8, 4) is 5.75 Å². The van der Waals surface area contributed by atoms with Crippen LogP contribution in [0.1, 0.15) is 44.9 Å². The van der Waals surface area contributed by atoms with Crippen molar-refractivity contribution < 1.29 is 14.8 Å². The number of hydrogen-bond donors (Lipinski definition) is 4. The number of anilines is 4. The monoisotopic (exact) mass is 438 g/mol. The minimum Gasteiger partial charge on any atom is -0.494 e. The molecule has 170 valence electrons. The van der Waals surface area contributed by atoms with Gasteiger partial charge < -0.3 is 25.4 Å². The Hall–Kier alpha value is -3.07. The van der Waals surface area contributed by atoms with E-state index >= 15 is 0 Å². The van der Waals surface area contributed by atoms with Crippen molar-refractivity contribution in [1.29, 1.82) is 0 Å². The zero-order valence-electron chi connectivity index (χ0n) is 18.5. The highest BCUT2D eigenvalue weighted by Crippen LogP contribution is 2.35. The summed E-state index contributed by atoms with van der Waals surface area (Å²) in [6.45, 7) is 1.11. The first-order valence-corrected chi connectivity index (χ1v) is 11.6. The fourth-order valence-corrected chi connectivity index (χ4v) is 4.93. The fraction of sp³-hybridized carbons (Fsp3) is 0.522. The van der Waals surface area contributed by atoms with Gasteiger partial charge in [-0.1, -0.05) is 24.2 Å². The van der Waals surface area contributed by atoms with Gasteiger partial charge in [-0.2, -0.15) is 4.98 Å². The lowest BCUT2D eigenvalue weighted by Crippen LogP contribution is -2.31. The van der Waals surface area contributed by atoms with Crippen LogP contribution in [-0.4, -0.2) is 52.4 Å². The number of aromatic amines is 2. The zero-order valence-corrected chi connectivity index (χ0v) is 18.5. The van der Waals surface area contributed by atoms with Gasteiger partial charge in [0.25, 0.3) is 0 Å². The van der Waals surface area contributed by atoms with Gasteiger partial charge in [0.05, 0.1) is 25.4 Å². The predicted octanol–water partition coefficient (Wildman–Crippen LogP) is 3.23. The molecule has 5 rings (SSSR count). The van der Waals surface area contributed by atoms with Crippen molar-refractivity contribution in [2.75, 3.05) is 35.8 Å². The largest absolute Gasteiger partial charge is 0.494 e. The quantitative estimate of drug-likeness (QED) is 0.448. The highest BCUT2D eigenvalue weighted by Gasteiger charge is 2.25. The summed E-state index contributed by atoms with van der Waals surface area (Å²) in [6.07, 6.45) is 10.0. The number of benzene rings is 1. The highest BCUT2D eigenvalue weighted by atomic mass is 16.5. The van der Waals surface area contributed by atoms with Crippen LogP contribution in [0.5, 0.6) is 5.75 Å². The van der Waals surface area contributed by atoms with E-state index in [2.05, 4.69) is 36.6 Å². The van der Waals surface area contributed by atoms with Crippen molar-refractivity contribution in [2.24, 2.45) is 0 Å². The third-order valence-electron chi connectivity index (χ3n) is 6.63. The zero-order chi connectivity index (χ0) is 21.9. The number of aliphatic hydroxyl groups excluding tert-OH is 1. The van der Waals surface area contributed by atoms with E-state index in [4.69, 9.17) is 9.72 Å². The van der Waals surface area contributed by atoms with Crippen LogP contribution in [0.15, 0.2) is 24.5 Å². The number of methoxy groups -OCH3 is 1. The van der Waals surface area contributed by atoms with Crippen molar-refractivity contribution in [1.82, 2.24) is 15.0 Å². The van der Waals surface area contributed by atoms with Gasteiger partial charge in [0, 0.05) is 24.3 Å².